The van der Waals surface area contributed by atoms with E-state index in [1.165, 1.54) is 353 Å². The zero-order valence-electron chi connectivity index (χ0n) is 58.8. The van der Waals surface area contributed by atoms with Crippen molar-refractivity contribution in [1.82, 2.24) is 5.32 Å². The zero-order chi connectivity index (χ0) is 62.8. The Morgan fingerprint density at radius 3 is 0.885 bits per heavy atom. The minimum Gasteiger partial charge on any atom is -0.466 e. The first-order valence-electron chi connectivity index (χ1n) is 39.4. The molecule has 0 heterocycles. The number of esters is 1. The van der Waals surface area contributed by atoms with E-state index in [1.54, 1.807) is 6.08 Å². The fourth-order valence-electron chi connectivity index (χ4n) is 12.3. The van der Waals surface area contributed by atoms with Gasteiger partial charge >= 0.3 is 5.97 Å². The lowest BCUT2D eigenvalue weighted by Crippen LogP contribution is -2.45. The standard InChI is InChI=1S/C81H153NO5/c1-3-5-7-9-11-13-15-17-19-21-22-23-24-32-35-38-42-45-49-53-57-61-65-69-73-79(84)78(77-83)82-80(85)74-70-66-62-58-54-50-46-43-39-36-33-30-28-26-25-27-29-31-34-37-40-44-48-52-56-60-64-68-72-76-87-81(86)75-71-67-63-59-55-51-47-41-20-18-16-14-12-10-8-6-4-2/h18,20,25,27,31,34,69,73,78-79,83-84H,3-17,19,21-24,26,28-30,32-33,35-68,70-72,74-77H2,1-2H3,(H,82,85)/b20-18-,27-25-,34-31-,73-69+. The number of hydrogen-bond acceptors (Lipinski definition) is 5. The molecule has 0 fully saturated rings. The Morgan fingerprint density at radius 1 is 0.322 bits per heavy atom. The first-order valence-corrected chi connectivity index (χ1v) is 39.4. The summed E-state index contributed by atoms with van der Waals surface area (Å²) in [6.07, 6.45) is 101. The molecule has 2 unspecified atom stereocenters. The van der Waals surface area contributed by atoms with Crippen molar-refractivity contribution in [1.29, 1.82) is 0 Å². The van der Waals surface area contributed by atoms with Gasteiger partial charge in [0.1, 0.15) is 0 Å². The molecule has 0 saturated heterocycles. The molecule has 0 radical (unpaired) electrons. The highest BCUT2D eigenvalue weighted by Gasteiger charge is 2.18. The van der Waals surface area contributed by atoms with Crippen molar-refractivity contribution in [2.24, 2.45) is 0 Å². The Bertz CT molecular complexity index is 1450. The smallest absolute Gasteiger partial charge is 0.305 e. The lowest BCUT2D eigenvalue weighted by atomic mass is 10.0. The molecule has 0 aliphatic carbocycles. The molecule has 0 aromatic heterocycles. The van der Waals surface area contributed by atoms with Crippen molar-refractivity contribution in [3.63, 3.8) is 0 Å². The molecule has 3 N–H and O–H groups in total. The summed E-state index contributed by atoms with van der Waals surface area (Å²) in [6, 6.07) is -0.631. The van der Waals surface area contributed by atoms with Crippen molar-refractivity contribution in [2.45, 2.75) is 443 Å². The summed E-state index contributed by atoms with van der Waals surface area (Å²) in [5, 5.41) is 23.3. The summed E-state index contributed by atoms with van der Waals surface area (Å²) < 4.78 is 5.50. The highest BCUT2D eigenvalue weighted by molar-refractivity contribution is 5.76. The maximum atomic E-state index is 12.6. The van der Waals surface area contributed by atoms with Gasteiger partial charge in [0.25, 0.3) is 0 Å². The largest absolute Gasteiger partial charge is 0.466 e. The molecule has 87 heavy (non-hydrogen) atoms. The average molecular weight is 1220 g/mol. The van der Waals surface area contributed by atoms with E-state index in [0.717, 1.165) is 51.4 Å². The van der Waals surface area contributed by atoms with Gasteiger partial charge in [-0.2, -0.15) is 0 Å². The van der Waals surface area contributed by atoms with E-state index in [-0.39, 0.29) is 18.5 Å². The lowest BCUT2D eigenvalue weighted by molar-refractivity contribution is -0.143. The van der Waals surface area contributed by atoms with E-state index in [1.807, 2.05) is 6.08 Å². The third-order valence-electron chi connectivity index (χ3n) is 18.3. The fourth-order valence-corrected chi connectivity index (χ4v) is 12.3. The number of nitrogens with one attached hydrogen (secondary N) is 1. The van der Waals surface area contributed by atoms with Crippen LogP contribution in [0, 0.1) is 0 Å². The second-order valence-corrected chi connectivity index (χ2v) is 27.0. The van der Waals surface area contributed by atoms with Crippen molar-refractivity contribution in [2.75, 3.05) is 13.2 Å². The van der Waals surface area contributed by atoms with Crippen LogP contribution in [0.3, 0.4) is 0 Å². The molecule has 0 rings (SSSR count). The summed E-state index contributed by atoms with van der Waals surface area (Å²) >= 11 is 0. The Hall–Kier alpha value is -2.18. The summed E-state index contributed by atoms with van der Waals surface area (Å²) in [4.78, 5) is 24.7. The van der Waals surface area contributed by atoms with Gasteiger partial charge in [0.15, 0.2) is 0 Å². The van der Waals surface area contributed by atoms with Crippen LogP contribution in [0.4, 0.5) is 0 Å². The van der Waals surface area contributed by atoms with Crippen LogP contribution < -0.4 is 5.32 Å². The van der Waals surface area contributed by atoms with Crippen LogP contribution in [-0.2, 0) is 14.3 Å². The average Bonchev–Trinajstić information content (AvgIpc) is 3.57. The van der Waals surface area contributed by atoms with Crippen molar-refractivity contribution >= 4 is 11.9 Å². The SMILES string of the molecule is CCCCCCCC/C=C\CCCCCCCCCC(=O)OCCCCCCCCCCC/C=C\C/C=C\CCCCCCCCCCCCCCCC(=O)NC(CO)C(O)/C=C/CCCCCCCCCCCCCCCCCCCCCCCC. The Kier molecular flexibility index (Phi) is 74.4. The Labute approximate surface area is 544 Å². The molecule has 0 saturated carbocycles. The molecule has 0 bridgehead atoms. The number of aliphatic hydroxyl groups is 2. The topological polar surface area (TPSA) is 95.9 Å². The van der Waals surface area contributed by atoms with Crippen LogP contribution in [0.15, 0.2) is 48.6 Å². The summed E-state index contributed by atoms with van der Waals surface area (Å²) in [6.45, 7) is 4.94. The maximum absolute atomic E-state index is 12.6. The number of unbranched alkanes of at least 4 members (excludes halogenated alkanes) is 57. The van der Waals surface area contributed by atoms with Gasteiger partial charge in [-0.15, -0.1) is 0 Å². The van der Waals surface area contributed by atoms with Crippen LogP contribution in [-0.4, -0.2) is 47.4 Å². The molecule has 0 spiro atoms. The fraction of sp³-hybridized carbons (Fsp3) is 0.877. The first kappa shape index (κ1) is 84.8. The molecule has 512 valence electrons. The van der Waals surface area contributed by atoms with Crippen molar-refractivity contribution < 1.29 is 24.5 Å². The molecule has 0 aromatic carbocycles. The Morgan fingerprint density at radius 2 is 0.575 bits per heavy atom. The molecule has 1 amide bonds. The number of allylic oxidation sites excluding steroid dienone is 7. The molecule has 6 heteroatoms. The van der Waals surface area contributed by atoms with Gasteiger partial charge in [0, 0.05) is 12.8 Å². The quantitative estimate of drug-likeness (QED) is 0.0320. The van der Waals surface area contributed by atoms with Crippen molar-refractivity contribution in [3.05, 3.63) is 48.6 Å². The van der Waals surface area contributed by atoms with Gasteiger partial charge in [-0.05, 0) is 89.9 Å². The second kappa shape index (κ2) is 76.3. The Balaban J connectivity index is 3.42. The number of aliphatic hydroxyl groups excluding tert-OH is 2. The van der Waals surface area contributed by atoms with Crippen LogP contribution in [0.25, 0.3) is 0 Å². The van der Waals surface area contributed by atoms with Gasteiger partial charge < -0.3 is 20.3 Å². The van der Waals surface area contributed by atoms with Crippen LogP contribution in [0.1, 0.15) is 431 Å². The predicted molar refractivity (Wildman–Crippen MR) is 384 cm³/mol. The number of rotatable bonds is 74. The minimum atomic E-state index is -0.848. The van der Waals surface area contributed by atoms with Gasteiger partial charge in [-0.1, -0.05) is 377 Å². The van der Waals surface area contributed by atoms with E-state index >= 15 is 0 Å². The van der Waals surface area contributed by atoms with E-state index in [2.05, 4.69) is 55.6 Å². The van der Waals surface area contributed by atoms with Crippen LogP contribution in [0.2, 0.25) is 0 Å². The maximum Gasteiger partial charge on any atom is 0.305 e. The van der Waals surface area contributed by atoms with Crippen LogP contribution >= 0.6 is 0 Å². The number of carbonyl (C=O) groups excluding carboxylic acids is 2. The summed E-state index contributed by atoms with van der Waals surface area (Å²) in [5.41, 5.74) is 0. The number of carbonyl (C=O) groups is 2. The predicted octanol–water partition coefficient (Wildman–Crippen LogP) is 26.0. The highest BCUT2D eigenvalue weighted by Crippen LogP contribution is 2.19. The van der Waals surface area contributed by atoms with E-state index in [0.29, 0.717) is 19.4 Å². The summed E-state index contributed by atoms with van der Waals surface area (Å²) in [5.74, 6) is -0.0558. The normalized spacial score (nSPS) is 12.7. The van der Waals surface area contributed by atoms with Gasteiger partial charge in [0.2, 0.25) is 5.91 Å². The molecular formula is C81H153NO5. The molecule has 0 aliphatic heterocycles. The molecule has 0 aliphatic rings. The van der Waals surface area contributed by atoms with Crippen LogP contribution in [0.5, 0.6) is 0 Å². The molecule has 6 nitrogen and oxygen atoms in total. The van der Waals surface area contributed by atoms with E-state index < -0.39 is 12.1 Å². The number of hydrogen-bond donors (Lipinski definition) is 3. The van der Waals surface area contributed by atoms with Gasteiger partial charge in [-0.3, -0.25) is 9.59 Å². The van der Waals surface area contributed by atoms with Crippen molar-refractivity contribution in [3.8, 4) is 0 Å². The molecular weight excluding hydrogens is 1070 g/mol. The highest BCUT2D eigenvalue weighted by atomic mass is 16.5. The molecule has 0 aromatic rings. The zero-order valence-corrected chi connectivity index (χ0v) is 58.8. The number of ether oxygens (including phenoxy) is 1. The monoisotopic (exact) mass is 1220 g/mol. The van der Waals surface area contributed by atoms with E-state index in [9.17, 15) is 19.8 Å². The first-order chi connectivity index (χ1) is 43.0. The van der Waals surface area contributed by atoms with Gasteiger partial charge in [0.05, 0.1) is 25.4 Å². The summed E-state index contributed by atoms with van der Waals surface area (Å²) in [7, 11) is 0. The molecule has 2 atom stereocenters. The second-order valence-electron chi connectivity index (χ2n) is 27.0. The van der Waals surface area contributed by atoms with E-state index in [4.69, 9.17) is 4.74 Å². The lowest BCUT2D eigenvalue weighted by Gasteiger charge is -2.20. The third-order valence-corrected chi connectivity index (χ3v) is 18.3. The number of amides is 1. The van der Waals surface area contributed by atoms with Gasteiger partial charge in [-0.25, -0.2) is 0 Å². The third kappa shape index (κ3) is 72.8. The minimum absolute atomic E-state index is 0.00891.